The molecule has 0 spiro atoms. The molecule has 13 nitrogen and oxygen atoms in total. The number of anilines is 1. The number of esters is 3. The molecule has 0 bridgehead atoms. The zero-order valence-corrected chi connectivity index (χ0v) is 33.6. The summed E-state index contributed by atoms with van der Waals surface area (Å²) in [6.07, 6.45) is -0.753. The number of hydrogen-bond donors (Lipinski definition) is 1. The van der Waals surface area contributed by atoms with Gasteiger partial charge in [-0.1, -0.05) is 54.3 Å². The van der Waals surface area contributed by atoms with Crippen LogP contribution in [0, 0.1) is 23.6 Å². The van der Waals surface area contributed by atoms with Gasteiger partial charge in [-0.25, -0.2) is 4.39 Å². The van der Waals surface area contributed by atoms with Crippen molar-refractivity contribution < 1.29 is 73.4 Å². The quantitative estimate of drug-likeness (QED) is 0.0243. The summed E-state index contributed by atoms with van der Waals surface area (Å²) in [7, 11) is -6.00. The molecule has 0 unspecified atom stereocenters. The maximum atomic E-state index is 14.2. The molecule has 5 rings (SSSR count). The molecule has 1 aliphatic heterocycles. The number of ether oxygens (including phenoxy) is 4. The van der Waals surface area contributed by atoms with Crippen molar-refractivity contribution in [3.05, 3.63) is 125 Å². The average Bonchev–Trinajstić information content (AvgIpc) is 3.20. The van der Waals surface area contributed by atoms with E-state index >= 15 is 0 Å². The summed E-state index contributed by atoms with van der Waals surface area (Å²) in [5.74, 6) is 1.000. The normalized spacial score (nSPS) is 15.7. The van der Waals surface area contributed by atoms with Crippen LogP contribution < -0.4 is 13.8 Å². The van der Waals surface area contributed by atoms with Gasteiger partial charge < -0.3 is 33.1 Å². The number of hydrogen-bond acceptors (Lipinski definition) is 12. The number of benzene rings is 4. The summed E-state index contributed by atoms with van der Waals surface area (Å²) in [4.78, 5) is 50.8. The first-order valence-electron chi connectivity index (χ1n) is 18.4. The van der Waals surface area contributed by atoms with Crippen LogP contribution in [0.15, 0.2) is 97.1 Å². The Bertz CT molecular complexity index is 2380. The van der Waals surface area contributed by atoms with Gasteiger partial charge in [-0.2, -0.15) is 21.6 Å². The summed E-state index contributed by atoms with van der Waals surface area (Å²) in [6, 6.07) is 22.4. The third-order valence-electron chi connectivity index (χ3n) is 9.14. The molecule has 0 aromatic heterocycles. The Morgan fingerprint density at radius 2 is 1.48 bits per heavy atom. The number of rotatable bonds is 16. The van der Waals surface area contributed by atoms with Crippen molar-refractivity contribution in [3.8, 4) is 23.3 Å². The highest BCUT2D eigenvalue weighted by Crippen LogP contribution is 2.49. The number of alkyl halides is 3. The molecule has 18 heteroatoms. The van der Waals surface area contributed by atoms with Gasteiger partial charge in [0.15, 0.2) is 5.60 Å². The lowest BCUT2D eigenvalue weighted by molar-refractivity contribution is -0.154. The topological polar surface area (TPSA) is 172 Å². The van der Waals surface area contributed by atoms with Crippen LogP contribution in [0.3, 0.4) is 0 Å². The predicted molar refractivity (Wildman–Crippen MR) is 208 cm³/mol. The largest absolute Gasteiger partial charge is 0.534 e. The molecule has 3 atom stereocenters. The maximum absolute atomic E-state index is 14.2. The van der Waals surface area contributed by atoms with Gasteiger partial charge in [0.05, 0.1) is 12.0 Å². The van der Waals surface area contributed by atoms with Crippen molar-refractivity contribution in [1.82, 2.24) is 0 Å². The van der Waals surface area contributed by atoms with Gasteiger partial charge in [-0.3, -0.25) is 19.2 Å². The summed E-state index contributed by atoms with van der Waals surface area (Å²) in [5, 5.41) is 11.2. The van der Waals surface area contributed by atoms with Crippen LogP contribution in [0.25, 0.3) is 0 Å². The molecule has 1 N–H and O–H groups in total. The van der Waals surface area contributed by atoms with Crippen molar-refractivity contribution in [2.45, 2.75) is 63.5 Å². The number of β-lactam (4-membered cyclic amide) rings is 1. The zero-order chi connectivity index (χ0) is 44.5. The molecular formula is C43H39F4NO12S. The lowest BCUT2D eigenvalue weighted by Gasteiger charge is -2.48. The van der Waals surface area contributed by atoms with Crippen LogP contribution in [-0.4, -0.2) is 61.7 Å². The Labute approximate surface area is 348 Å². The highest BCUT2D eigenvalue weighted by Gasteiger charge is 2.51. The maximum Gasteiger partial charge on any atom is 0.534 e. The molecule has 0 aliphatic carbocycles. The molecule has 1 amide bonds. The van der Waals surface area contributed by atoms with E-state index in [1.165, 1.54) is 48.2 Å². The van der Waals surface area contributed by atoms with Crippen molar-refractivity contribution >= 4 is 39.6 Å². The fraction of sp³-hybridized carbons (Fsp3) is 0.302. The number of nitrogens with zero attached hydrogens (tertiary/aromatic N) is 1. The Morgan fingerprint density at radius 3 is 2.05 bits per heavy atom. The molecule has 4 aromatic rings. The minimum atomic E-state index is -6.00. The van der Waals surface area contributed by atoms with E-state index in [9.17, 15) is 50.3 Å². The third kappa shape index (κ3) is 12.1. The van der Waals surface area contributed by atoms with Crippen LogP contribution in [0.1, 0.15) is 68.0 Å². The van der Waals surface area contributed by atoms with Gasteiger partial charge in [0.1, 0.15) is 43.2 Å². The van der Waals surface area contributed by atoms with Gasteiger partial charge in [0.2, 0.25) is 5.91 Å². The lowest BCUT2D eigenvalue weighted by Crippen LogP contribution is -2.55. The van der Waals surface area contributed by atoms with Crippen LogP contribution >= 0.6 is 0 Å². The first kappa shape index (κ1) is 45.6. The Morgan fingerprint density at radius 1 is 0.852 bits per heavy atom. The van der Waals surface area contributed by atoms with Crippen LogP contribution in [-0.2, 0) is 50.1 Å². The first-order chi connectivity index (χ1) is 28.7. The molecule has 61 heavy (non-hydrogen) atoms. The fourth-order valence-corrected chi connectivity index (χ4v) is 6.74. The molecule has 1 aliphatic rings. The van der Waals surface area contributed by atoms with E-state index in [4.69, 9.17) is 18.9 Å². The third-order valence-corrected chi connectivity index (χ3v) is 10.1. The highest BCUT2D eigenvalue weighted by atomic mass is 32.2. The van der Waals surface area contributed by atoms with E-state index in [2.05, 4.69) is 16.0 Å². The summed E-state index contributed by atoms with van der Waals surface area (Å²) in [6.45, 7) is 2.19. The van der Waals surface area contributed by atoms with E-state index in [-0.39, 0.29) is 36.4 Å². The summed E-state index contributed by atoms with van der Waals surface area (Å²) < 4.78 is 102. The highest BCUT2D eigenvalue weighted by molar-refractivity contribution is 7.88. The minimum absolute atomic E-state index is 0.0630. The smallest absolute Gasteiger partial charge is 0.489 e. The number of aliphatic hydroxyl groups is 1. The fourth-order valence-electron chi connectivity index (χ4n) is 6.28. The van der Waals surface area contributed by atoms with E-state index in [1.54, 1.807) is 30.3 Å². The molecule has 0 radical (unpaired) electrons. The van der Waals surface area contributed by atoms with Crippen molar-refractivity contribution in [2.24, 2.45) is 5.92 Å². The van der Waals surface area contributed by atoms with Gasteiger partial charge in [-0.15, -0.1) is 0 Å². The van der Waals surface area contributed by atoms with Crippen molar-refractivity contribution in [3.63, 3.8) is 0 Å². The second-order valence-electron chi connectivity index (χ2n) is 13.8. The molecule has 1 heterocycles. The second-order valence-corrected chi connectivity index (χ2v) is 15.4. The number of carbonyl (C=O) groups excluding carboxylic acids is 4. The SMILES string of the molecule is CC(=O)OCC(O)(C#Cc1ccc(OCc2ccccc2)c([C@@H]2[C@@H](CC[C@H](OC(C)=O)c3ccc(F)cc3)C(=O)N2c2ccc(OS(=O)(=O)C(F)(F)F)cc2)c1)COC(C)=O. The standard InChI is InChI=1S/C43H39F4NO12S/c1-27(49)57-25-42(53,26-58-28(2)50)22-21-30-9-19-39(56-24-31-7-5-4-6-8-31)37(23-30)40-36(18-20-38(59-29(3)51)32-10-12-33(44)13-11-32)41(52)48(40)34-14-16-35(17-15-34)60-61(54,55)43(45,46)47/h4-17,19,23,36,38,40,53H,18,20,24-26H2,1-3H3/t36-,38+,40+/m1/s1. The Hall–Kier alpha value is -6.45. The van der Waals surface area contributed by atoms with E-state index < -0.39 is 87.9 Å². The summed E-state index contributed by atoms with van der Waals surface area (Å²) >= 11 is 0. The molecule has 4 aromatic carbocycles. The second kappa shape index (κ2) is 19.3. The van der Waals surface area contributed by atoms with Crippen LogP contribution in [0.5, 0.6) is 11.5 Å². The van der Waals surface area contributed by atoms with Gasteiger partial charge in [0, 0.05) is 37.6 Å². The van der Waals surface area contributed by atoms with E-state index in [0.29, 0.717) is 11.1 Å². The molecule has 0 saturated carbocycles. The Kier molecular flexibility index (Phi) is 14.4. The van der Waals surface area contributed by atoms with E-state index in [1.807, 2.05) is 18.2 Å². The van der Waals surface area contributed by atoms with Crippen LogP contribution in [0.4, 0.5) is 23.2 Å². The zero-order valence-electron chi connectivity index (χ0n) is 32.8. The predicted octanol–water partition coefficient (Wildman–Crippen LogP) is 6.63. The van der Waals surface area contributed by atoms with E-state index in [0.717, 1.165) is 31.5 Å². The summed E-state index contributed by atoms with van der Waals surface area (Å²) in [5.41, 5.74) is -5.87. The first-order valence-corrected chi connectivity index (χ1v) is 19.9. The van der Waals surface area contributed by atoms with Crippen LogP contribution in [0.2, 0.25) is 0 Å². The van der Waals surface area contributed by atoms with Crippen molar-refractivity contribution in [2.75, 3.05) is 18.1 Å². The number of amides is 1. The molecule has 1 fully saturated rings. The van der Waals surface area contributed by atoms with Crippen molar-refractivity contribution in [1.29, 1.82) is 0 Å². The molecule has 322 valence electrons. The number of carbonyl (C=O) groups is 4. The molecule has 1 saturated heterocycles. The van der Waals surface area contributed by atoms with Gasteiger partial charge >= 0.3 is 33.5 Å². The van der Waals surface area contributed by atoms with Gasteiger partial charge in [0.25, 0.3) is 0 Å². The Balaban J connectivity index is 1.60. The minimum Gasteiger partial charge on any atom is -0.489 e. The average molecular weight is 870 g/mol. The lowest BCUT2D eigenvalue weighted by atomic mass is 9.77. The monoisotopic (exact) mass is 869 g/mol. The number of halogens is 4. The molecular weight excluding hydrogens is 831 g/mol. The van der Waals surface area contributed by atoms with Gasteiger partial charge in [-0.05, 0) is 78.6 Å².